The minimum absolute atomic E-state index is 0.481. The lowest BCUT2D eigenvalue weighted by atomic mass is 10.1. The van der Waals surface area contributed by atoms with Crippen LogP contribution in [0, 0.1) is 0 Å². The highest BCUT2D eigenvalue weighted by Crippen LogP contribution is 2.38. The molecule has 0 aliphatic rings. The molecule has 0 aromatic carbocycles. The molecule has 0 saturated heterocycles. The molecule has 2 nitrogen and oxygen atoms in total. The van der Waals surface area contributed by atoms with E-state index in [0.29, 0.717) is 12.1 Å². The van der Waals surface area contributed by atoms with Gasteiger partial charge in [-0.2, -0.15) is 0 Å². The summed E-state index contributed by atoms with van der Waals surface area (Å²) in [5.74, 6) is 0.481. The quantitative estimate of drug-likeness (QED) is 0.719. The van der Waals surface area contributed by atoms with Crippen molar-refractivity contribution in [2.45, 2.75) is 26.7 Å². The van der Waals surface area contributed by atoms with Gasteiger partial charge in [-0.1, -0.05) is 26.8 Å². The van der Waals surface area contributed by atoms with Crippen LogP contribution in [0.4, 0.5) is 0 Å². The summed E-state index contributed by atoms with van der Waals surface area (Å²) in [7, 11) is -2.19. The zero-order valence-corrected chi connectivity index (χ0v) is 10.2. The number of rotatable bonds is 3. The van der Waals surface area contributed by atoms with Gasteiger partial charge in [0.15, 0.2) is 0 Å². The number of aromatic nitrogens is 1. The molecular weight excluding hydrogens is 193 g/mol. The lowest BCUT2D eigenvalue weighted by Gasteiger charge is -2.11. The van der Waals surface area contributed by atoms with Crippen molar-refractivity contribution >= 4 is 12.6 Å². The summed E-state index contributed by atoms with van der Waals surface area (Å²) in [6, 6.07) is 3.93. The topological polar surface area (TPSA) is 30.0 Å². The number of hydrogen-bond acceptors (Lipinski definition) is 2. The van der Waals surface area contributed by atoms with Crippen molar-refractivity contribution in [2.75, 3.05) is 12.8 Å². The molecule has 3 heteroatoms. The maximum atomic E-state index is 12.0. The van der Waals surface area contributed by atoms with Gasteiger partial charge in [-0.05, 0) is 24.2 Å². The predicted molar refractivity (Wildman–Crippen MR) is 62.0 cm³/mol. The third-order valence-corrected chi connectivity index (χ3v) is 4.97. The van der Waals surface area contributed by atoms with E-state index in [-0.39, 0.29) is 0 Å². The molecule has 1 aromatic rings. The van der Waals surface area contributed by atoms with Crippen molar-refractivity contribution < 1.29 is 4.57 Å². The van der Waals surface area contributed by atoms with Crippen LogP contribution < -0.4 is 5.44 Å². The van der Waals surface area contributed by atoms with E-state index in [2.05, 4.69) is 18.8 Å². The summed E-state index contributed by atoms with van der Waals surface area (Å²) < 4.78 is 12.0. The minimum atomic E-state index is -2.19. The van der Waals surface area contributed by atoms with Gasteiger partial charge in [0.1, 0.15) is 7.14 Å². The summed E-state index contributed by atoms with van der Waals surface area (Å²) in [4.78, 5) is 4.28. The second-order valence-electron chi connectivity index (χ2n) is 4.02. The average Bonchev–Trinajstić information content (AvgIpc) is 2.18. The summed E-state index contributed by atoms with van der Waals surface area (Å²) in [5.41, 5.74) is 1.95. The molecule has 1 aromatic heterocycles. The van der Waals surface area contributed by atoms with E-state index in [0.717, 1.165) is 5.44 Å². The first kappa shape index (κ1) is 11.5. The van der Waals surface area contributed by atoms with Crippen molar-refractivity contribution in [3.05, 3.63) is 23.9 Å². The molecule has 1 heterocycles. The zero-order valence-electron chi connectivity index (χ0n) is 9.32. The van der Waals surface area contributed by atoms with E-state index in [1.165, 1.54) is 5.56 Å². The highest BCUT2D eigenvalue weighted by atomic mass is 31.2. The minimum Gasteiger partial charge on any atom is -0.317 e. The van der Waals surface area contributed by atoms with Gasteiger partial charge >= 0.3 is 0 Å². The Labute approximate surface area is 86.1 Å². The SMILES string of the molecule is CCP(C)(=O)c1ccc(C(C)C)cn1. The molecule has 0 aliphatic heterocycles. The molecular formula is C11H18NOP. The molecule has 0 N–H and O–H groups in total. The standard InChI is InChI=1S/C11H18NOP/c1-5-14(4,13)11-7-6-10(8-12-11)9(2)3/h6-9H,5H2,1-4H3. The van der Waals surface area contributed by atoms with E-state index in [1.807, 2.05) is 25.3 Å². The van der Waals surface area contributed by atoms with Crippen LogP contribution in [0.1, 0.15) is 32.3 Å². The van der Waals surface area contributed by atoms with Gasteiger partial charge in [0.2, 0.25) is 0 Å². The second kappa shape index (κ2) is 4.27. The van der Waals surface area contributed by atoms with E-state index in [9.17, 15) is 4.57 Å². The van der Waals surface area contributed by atoms with Crippen LogP contribution in [0.15, 0.2) is 18.3 Å². The molecule has 0 radical (unpaired) electrons. The van der Waals surface area contributed by atoms with Crippen LogP contribution in [0.25, 0.3) is 0 Å². The van der Waals surface area contributed by atoms with E-state index in [4.69, 9.17) is 0 Å². The van der Waals surface area contributed by atoms with Crippen molar-refractivity contribution in [1.82, 2.24) is 4.98 Å². The van der Waals surface area contributed by atoms with Gasteiger partial charge in [-0.25, -0.2) is 0 Å². The van der Waals surface area contributed by atoms with Gasteiger partial charge in [-0.15, -0.1) is 0 Å². The van der Waals surface area contributed by atoms with Crippen molar-refractivity contribution in [3.63, 3.8) is 0 Å². The molecule has 0 aliphatic carbocycles. The Morgan fingerprint density at radius 3 is 2.43 bits per heavy atom. The highest BCUT2D eigenvalue weighted by Gasteiger charge is 2.16. The van der Waals surface area contributed by atoms with Crippen LogP contribution in [-0.2, 0) is 4.57 Å². The molecule has 0 bridgehead atoms. The van der Waals surface area contributed by atoms with Gasteiger partial charge in [0.25, 0.3) is 0 Å². The molecule has 0 saturated carbocycles. The highest BCUT2D eigenvalue weighted by molar-refractivity contribution is 7.70. The van der Waals surface area contributed by atoms with Gasteiger partial charge in [-0.3, -0.25) is 4.98 Å². The van der Waals surface area contributed by atoms with Crippen LogP contribution in [0.3, 0.4) is 0 Å². The van der Waals surface area contributed by atoms with E-state index < -0.39 is 7.14 Å². The zero-order chi connectivity index (χ0) is 10.8. The molecule has 1 unspecified atom stereocenters. The third-order valence-electron chi connectivity index (χ3n) is 2.53. The lowest BCUT2D eigenvalue weighted by molar-refractivity contribution is 0.585. The Kier molecular flexibility index (Phi) is 3.49. The van der Waals surface area contributed by atoms with Crippen molar-refractivity contribution in [2.24, 2.45) is 0 Å². The second-order valence-corrected chi connectivity index (χ2v) is 7.31. The maximum Gasteiger partial charge on any atom is 0.129 e. The Bertz CT molecular complexity index is 343. The number of hydrogen-bond donors (Lipinski definition) is 0. The largest absolute Gasteiger partial charge is 0.317 e. The van der Waals surface area contributed by atoms with Gasteiger partial charge < -0.3 is 4.57 Å². The fraction of sp³-hybridized carbons (Fsp3) is 0.545. The maximum absolute atomic E-state index is 12.0. The average molecular weight is 211 g/mol. The van der Waals surface area contributed by atoms with E-state index >= 15 is 0 Å². The normalized spacial score (nSPS) is 15.5. The summed E-state index contributed by atoms with van der Waals surface area (Å²) >= 11 is 0. The molecule has 14 heavy (non-hydrogen) atoms. The van der Waals surface area contributed by atoms with Gasteiger partial charge in [0, 0.05) is 12.4 Å². The van der Waals surface area contributed by atoms with Crippen molar-refractivity contribution in [1.29, 1.82) is 0 Å². The Morgan fingerprint density at radius 2 is 2.07 bits per heavy atom. The summed E-state index contributed by atoms with van der Waals surface area (Å²) in [6.07, 6.45) is 2.52. The van der Waals surface area contributed by atoms with Crippen LogP contribution in [-0.4, -0.2) is 17.8 Å². The van der Waals surface area contributed by atoms with Crippen molar-refractivity contribution in [3.8, 4) is 0 Å². The number of pyridine rings is 1. The van der Waals surface area contributed by atoms with Crippen LogP contribution >= 0.6 is 7.14 Å². The molecule has 0 spiro atoms. The first-order chi connectivity index (χ1) is 6.47. The molecule has 78 valence electrons. The summed E-state index contributed by atoms with van der Waals surface area (Å²) in [6.45, 7) is 7.99. The Morgan fingerprint density at radius 1 is 1.43 bits per heavy atom. The Hall–Kier alpha value is -0.620. The van der Waals surface area contributed by atoms with Crippen LogP contribution in [0.5, 0.6) is 0 Å². The summed E-state index contributed by atoms with van der Waals surface area (Å²) in [5, 5.41) is 0. The van der Waals surface area contributed by atoms with Gasteiger partial charge in [0.05, 0.1) is 5.44 Å². The predicted octanol–water partition coefficient (Wildman–Crippen LogP) is 2.84. The smallest absolute Gasteiger partial charge is 0.129 e. The molecule has 1 atom stereocenters. The van der Waals surface area contributed by atoms with E-state index in [1.54, 1.807) is 6.66 Å². The van der Waals surface area contributed by atoms with Crippen LogP contribution in [0.2, 0.25) is 0 Å². The molecule has 0 amide bonds. The lowest BCUT2D eigenvalue weighted by Crippen LogP contribution is -2.10. The Balaban J connectivity index is 3.00. The monoisotopic (exact) mass is 211 g/mol. The molecule has 1 rings (SSSR count). The fourth-order valence-corrected chi connectivity index (χ4v) is 2.20. The fourth-order valence-electron chi connectivity index (χ4n) is 1.18. The first-order valence-corrected chi connectivity index (χ1v) is 7.34. The molecule has 0 fully saturated rings. The third kappa shape index (κ3) is 2.45. The first-order valence-electron chi connectivity index (χ1n) is 5.00. The number of nitrogens with zero attached hydrogens (tertiary/aromatic N) is 1.